The monoisotopic (exact) mass is 347 g/mol. The maximum Gasteiger partial charge on any atom is 0.241 e. The van der Waals surface area contributed by atoms with Crippen molar-refractivity contribution in [3.05, 3.63) is 59.7 Å². The summed E-state index contributed by atoms with van der Waals surface area (Å²) in [6.07, 6.45) is 0. The largest absolute Gasteiger partial charge is 0.497 e. The van der Waals surface area contributed by atoms with Gasteiger partial charge in [-0.15, -0.1) is 0 Å². The van der Waals surface area contributed by atoms with Crippen LogP contribution in [0.1, 0.15) is 44.9 Å². The van der Waals surface area contributed by atoms with Crippen LogP contribution < -0.4 is 9.46 Å². The molecule has 0 unspecified atom stereocenters. The van der Waals surface area contributed by atoms with E-state index in [1.807, 2.05) is 31.2 Å². The zero-order valence-corrected chi connectivity index (χ0v) is 15.6. The second kappa shape index (κ2) is 6.95. The van der Waals surface area contributed by atoms with Crippen molar-refractivity contribution >= 4 is 10.0 Å². The van der Waals surface area contributed by atoms with E-state index in [2.05, 4.69) is 25.5 Å². The Hall–Kier alpha value is -1.85. The number of hydrogen-bond donors (Lipinski definition) is 1. The third-order valence-electron chi connectivity index (χ3n) is 3.98. The molecule has 130 valence electrons. The van der Waals surface area contributed by atoms with Crippen molar-refractivity contribution in [2.24, 2.45) is 0 Å². The molecular formula is C19H25NO3S. The number of hydrogen-bond acceptors (Lipinski definition) is 3. The molecule has 5 heteroatoms. The molecule has 24 heavy (non-hydrogen) atoms. The van der Waals surface area contributed by atoms with E-state index in [9.17, 15) is 8.42 Å². The lowest BCUT2D eigenvalue weighted by atomic mass is 9.86. The standard InChI is InChI=1S/C19H25NO3S/c1-14(15-6-8-16(9-7-15)19(2,3)4)20-24(21,22)18-12-10-17(23-5)11-13-18/h6-14,20H,1-5H3/t14-/m1/s1. The first-order chi connectivity index (χ1) is 11.1. The van der Waals surface area contributed by atoms with Crippen LogP contribution in [0.3, 0.4) is 0 Å². The van der Waals surface area contributed by atoms with Gasteiger partial charge in [-0.1, -0.05) is 45.0 Å². The SMILES string of the molecule is COc1ccc(S(=O)(=O)N[C@H](C)c2ccc(C(C)(C)C)cc2)cc1. The molecule has 0 fully saturated rings. The van der Waals surface area contributed by atoms with Gasteiger partial charge in [-0.25, -0.2) is 13.1 Å². The Morgan fingerprint density at radius 3 is 1.96 bits per heavy atom. The zero-order valence-electron chi connectivity index (χ0n) is 14.8. The molecule has 0 aromatic heterocycles. The topological polar surface area (TPSA) is 55.4 Å². The molecule has 4 nitrogen and oxygen atoms in total. The van der Waals surface area contributed by atoms with E-state index < -0.39 is 10.0 Å². The van der Waals surface area contributed by atoms with Crippen LogP contribution in [0.4, 0.5) is 0 Å². The Kier molecular flexibility index (Phi) is 5.35. The van der Waals surface area contributed by atoms with Gasteiger partial charge in [0.15, 0.2) is 0 Å². The molecule has 0 radical (unpaired) electrons. The third kappa shape index (κ3) is 4.36. The minimum Gasteiger partial charge on any atom is -0.497 e. The summed E-state index contributed by atoms with van der Waals surface area (Å²) in [7, 11) is -2.03. The first kappa shape index (κ1) is 18.5. The highest BCUT2D eigenvalue weighted by atomic mass is 32.2. The van der Waals surface area contributed by atoms with E-state index in [4.69, 9.17) is 4.74 Å². The van der Waals surface area contributed by atoms with Gasteiger partial charge in [-0.2, -0.15) is 0 Å². The molecule has 1 N–H and O–H groups in total. The Balaban J connectivity index is 2.16. The molecule has 2 aromatic carbocycles. The Labute approximate surface area is 144 Å². The number of nitrogens with one attached hydrogen (secondary N) is 1. The molecule has 0 saturated heterocycles. The Morgan fingerprint density at radius 1 is 0.958 bits per heavy atom. The summed E-state index contributed by atoms with van der Waals surface area (Å²) in [4.78, 5) is 0.224. The molecule has 0 aliphatic carbocycles. The predicted octanol–water partition coefficient (Wildman–Crippen LogP) is 4.03. The van der Waals surface area contributed by atoms with Crippen molar-refractivity contribution in [2.45, 2.75) is 44.0 Å². The van der Waals surface area contributed by atoms with E-state index in [0.717, 1.165) is 5.56 Å². The number of rotatable bonds is 5. The lowest BCUT2D eigenvalue weighted by molar-refractivity contribution is 0.414. The summed E-state index contributed by atoms with van der Waals surface area (Å²) in [6.45, 7) is 8.29. The quantitative estimate of drug-likeness (QED) is 0.888. The molecule has 0 heterocycles. The average Bonchev–Trinajstić information content (AvgIpc) is 2.54. The number of benzene rings is 2. The highest BCUT2D eigenvalue weighted by Crippen LogP contribution is 2.25. The summed E-state index contributed by atoms with van der Waals surface area (Å²) < 4.78 is 32.8. The van der Waals surface area contributed by atoms with Crippen molar-refractivity contribution in [3.63, 3.8) is 0 Å². The lowest BCUT2D eigenvalue weighted by Gasteiger charge is -2.20. The number of ether oxygens (including phenoxy) is 1. The molecule has 0 aliphatic heterocycles. The van der Waals surface area contributed by atoms with Gasteiger partial charge >= 0.3 is 0 Å². The van der Waals surface area contributed by atoms with Gasteiger partial charge in [-0.05, 0) is 47.7 Å². The molecule has 1 atom stereocenters. The minimum absolute atomic E-state index is 0.0738. The number of methoxy groups -OCH3 is 1. The van der Waals surface area contributed by atoms with Crippen LogP contribution in [0.2, 0.25) is 0 Å². The van der Waals surface area contributed by atoms with E-state index in [1.54, 1.807) is 19.2 Å². The molecule has 2 rings (SSSR count). The van der Waals surface area contributed by atoms with Gasteiger partial charge < -0.3 is 4.74 Å². The first-order valence-electron chi connectivity index (χ1n) is 7.90. The molecule has 0 amide bonds. The summed E-state index contributed by atoms with van der Waals surface area (Å²) in [5.41, 5.74) is 2.22. The van der Waals surface area contributed by atoms with Gasteiger partial charge in [0, 0.05) is 6.04 Å². The van der Waals surface area contributed by atoms with Crippen LogP contribution in [-0.4, -0.2) is 15.5 Å². The number of sulfonamides is 1. The molecule has 0 saturated carbocycles. The molecule has 0 bridgehead atoms. The van der Waals surface area contributed by atoms with Gasteiger partial charge in [-0.3, -0.25) is 0 Å². The highest BCUT2D eigenvalue weighted by molar-refractivity contribution is 7.89. The summed E-state index contributed by atoms with van der Waals surface area (Å²) >= 11 is 0. The third-order valence-corrected chi connectivity index (χ3v) is 5.53. The van der Waals surface area contributed by atoms with Gasteiger partial charge in [0.05, 0.1) is 12.0 Å². The average molecular weight is 347 g/mol. The van der Waals surface area contributed by atoms with Gasteiger partial charge in [0.25, 0.3) is 0 Å². The van der Waals surface area contributed by atoms with Crippen LogP contribution in [0.5, 0.6) is 5.75 Å². The smallest absolute Gasteiger partial charge is 0.241 e. The maximum atomic E-state index is 12.5. The molecular weight excluding hydrogens is 322 g/mol. The van der Waals surface area contributed by atoms with Crippen LogP contribution >= 0.6 is 0 Å². The Morgan fingerprint density at radius 2 is 1.50 bits per heavy atom. The summed E-state index contributed by atoms with van der Waals surface area (Å²) in [5.74, 6) is 0.625. The normalized spacial score (nSPS) is 13.5. The molecule has 2 aromatic rings. The van der Waals surface area contributed by atoms with Crippen LogP contribution in [-0.2, 0) is 15.4 Å². The fourth-order valence-electron chi connectivity index (χ4n) is 2.40. The van der Waals surface area contributed by atoms with Crippen molar-refractivity contribution < 1.29 is 13.2 Å². The van der Waals surface area contributed by atoms with Crippen LogP contribution in [0, 0.1) is 0 Å². The van der Waals surface area contributed by atoms with Crippen molar-refractivity contribution in [2.75, 3.05) is 7.11 Å². The van der Waals surface area contributed by atoms with E-state index >= 15 is 0 Å². The predicted molar refractivity (Wildman–Crippen MR) is 96.9 cm³/mol. The Bertz CT molecular complexity index is 773. The summed E-state index contributed by atoms with van der Waals surface area (Å²) in [6, 6.07) is 14.1. The summed E-state index contributed by atoms with van der Waals surface area (Å²) in [5, 5.41) is 0. The fourth-order valence-corrected chi connectivity index (χ4v) is 3.63. The lowest BCUT2D eigenvalue weighted by Crippen LogP contribution is -2.27. The van der Waals surface area contributed by atoms with Crippen molar-refractivity contribution in [3.8, 4) is 5.75 Å². The zero-order chi connectivity index (χ0) is 18.0. The van der Waals surface area contributed by atoms with E-state index in [1.165, 1.54) is 17.7 Å². The minimum atomic E-state index is -3.58. The fraction of sp³-hybridized carbons (Fsp3) is 0.368. The van der Waals surface area contributed by atoms with E-state index in [-0.39, 0.29) is 16.4 Å². The maximum absolute atomic E-state index is 12.5. The van der Waals surface area contributed by atoms with E-state index in [0.29, 0.717) is 5.75 Å². The second-order valence-corrected chi connectivity index (χ2v) is 8.60. The van der Waals surface area contributed by atoms with Crippen molar-refractivity contribution in [1.29, 1.82) is 0 Å². The van der Waals surface area contributed by atoms with Crippen molar-refractivity contribution in [1.82, 2.24) is 4.72 Å². The second-order valence-electron chi connectivity index (χ2n) is 6.89. The molecule has 0 aliphatic rings. The highest BCUT2D eigenvalue weighted by Gasteiger charge is 2.19. The van der Waals surface area contributed by atoms with Gasteiger partial charge in [0.1, 0.15) is 5.75 Å². The van der Waals surface area contributed by atoms with Crippen LogP contribution in [0.15, 0.2) is 53.4 Å². The van der Waals surface area contributed by atoms with Gasteiger partial charge in [0.2, 0.25) is 10.0 Å². The first-order valence-corrected chi connectivity index (χ1v) is 9.38. The molecule has 0 spiro atoms. The van der Waals surface area contributed by atoms with Crippen LogP contribution in [0.25, 0.3) is 0 Å².